The van der Waals surface area contributed by atoms with E-state index in [1.165, 1.54) is 55.5 Å². The third kappa shape index (κ3) is 4.88. The Bertz CT molecular complexity index is 1050. The highest BCUT2D eigenvalue weighted by Crippen LogP contribution is 2.53. The van der Waals surface area contributed by atoms with E-state index in [4.69, 9.17) is 21.1 Å². The van der Waals surface area contributed by atoms with Crippen LogP contribution in [0.5, 0.6) is 11.5 Å². The third-order valence-electron chi connectivity index (χ3n) is 9.00. The maximum atomic E-state index is 6.55. The van der Waals surface area contributed by atoms with Gasteiger partial charge in [0.05, 0.1) is 19.2 Å². The molecule has 2 saturated heterocycles. The van der Waals surface area contributed by atoms with Crippen molar-refractivity contribution in [1.82, 2.24) is 15.1 Å². The fourth-order valence-corrected chi connectivity index (χ4v) is 7.33. The predicted octanol–water partition coefficient (Wildman–Crippen LogP) is 5.87. The molecule has 0 bridgehead atoms. The fraction of sp³-hybridized carbons (Fsp3) is 0.600. The molecule has 2 aliphatic heterocycles. The van der Waals surface area contributed by atoms with E-state index in [1.54, 1.807) is 14.2 Å². The molecule has 5 nitrogen and oxygen atoms in total. The number of nitrogens with one attached hydrogen (secondary N) is 1. The van der Waals surface area contributed by atoms with E-state index < -0.39 is 0 Å². The monoisotopic (exact) mass is 511 g/mol. The largest absolute Gasteiger partial charge is 0.493 e. The number of hydrogen-bond acceptors (Lipinski definition) is 5. The van der Waals surface area contributed by atoms with E-state index in [1.807, 2.05) is 6.07 Å². The number of piperazine rings is 1. The van der Waals surface area contributed by atoms with Crippen LogP contribution in [0, 0.1) is 5.41 Å². The molecule has 0 radical (unpaired) electrons. The first-order valence-corrected chi connectivity index (χ1v) is 14.0. The minimum absolute atomic E-state index is 0.407. The molecule has 1 aliphatic carbocycles. The van der Waals surface area contributed by atoms with Crippen LogP contribution in [-0.2, 0) is 6.54 Å². The van der Waals surface area contributed by atoms with E-state index in [0.29, 0.717) is 39.9 Å². The number of piperidine rings is 1. The van der Waals surface area contributed by atoms with Gasteiger partial charge in [-0.3, -0.25) is 9.80 Å². The van der Waals surface area contributed by atoms with E-state index in [9.17, 15) is 0 Å². The average Bonchev–Trinajstić information content (AvgIpc) is 2.89. The van der Waals surface area contributed by atoms with Gasteiger partial charge in [-0.15, -0.1) is 0 Å². The van der Waals surface area contributed by atoms with Crippen molar-refractivity contribution in [2.45, 2.75) is 64.1 Å². The first-order chi connectivity index (χ1) is 17.5. The lowest BCUT2D eigenvalue weighted by molar-refractivity contribution is -0.0905. The van der Waals surface area contributed by atoms with E-state index in [2.05, 4.69) is 59.3 Å². The molecule has 2 heterocycles. The maximum absolute atomic E-state index is 6.55. The molecule has 5 rings (SSSR count). The summed E-state index contributed by atoms with van der Waals surface area (Å²) in [6, 6.07) is 14.4. The minimum atomic E-state index is 0.407. The van der Waals surface area contributed by atoms with Gasteiger partial charge in [0, 0.05) is 38.3 Å². The van der Waals surface area contributed by atoms with Gasteiger partial charge >= 0.3 is 0 Å². The number of ether oxygens (including phenoxy) is 2. The predicted molar refractivity (Wildman–Crippen MR) is 147 cm³/mol. The molecule has 2 atom stereocenters. The van der Waals surface area contributed by atoms with E-state index in [-0.39, 0.29) is 0 Å². The SMILES string of the molecule is COc1cc(CN2CCN(C3CCC34CCNCC4)C(c3ccccc3C(C)C)C2)cc(Cl)c1OC. The van der Waals surface area contributed by atoms with Crippen LogP contribution in [0.3, 0.4) is 0 Å². The van der Waals surface area contributed by atoms with Gasteiger partial charge in [0.2, 0.25) is 0 Å². The second kappa shape index (κ2) is 10.9. The molecule has 196 valence electrons. The highest BCUT2D eigenvalue weighted by atomic mass is 35.5. The van der Waals surface area contributed by atoms with Crippen molar-refractivity contribution in [1.29, 1.82) is 0 Å². The minimum Gasteiger partial charge on any atom is -0.493 e. The van der Waals surface area contributed by atoms with Crippen molar-refractivity contribution in [2.75, 3.05) is 46.9 Å². The highest BCUT2D eigenvalue weighted by Gasteiger charge is 2.51. The molecule has 1 spiro atoms. The zero-order valence-corrected chi connectivity index (χ0v) is 23.1. The zero-order chi connectivity index (χ0) is 25.3. The fourth-order valence-electron chi connectivity index (χ4n) is 7.02. The Hall–Kier alpha value is -1.79. The molecule has 2 aromatic carbocycles. The summed E-state index contributed by atoms with van der Waals surface area (Å²) in [5.74, 6) is 1.81. The normalized spacial score (nSPS) is 24.6. The molecular formula is C30H42ClN3O2. The van der Waals surface area contributed by atoms with Gasteiger partial charge in [-0.25, -0.2) is 0 Å². The van der Waals surface area contributed by atoms with Crippen molar-refractivity contribution in [2.24, 2.45) is 5.41 Å². The maximum Gasteiger partial charge on any atom is 0.179 e. The van der Waals surface area contributed by atoms with Gasteiger partial charge < -0.3 is 14.8 Å². The zero-order valence-electron chi connectivity index (χ0n) is 22.4. The smallest absolute Gasteiger partial charge is 0.179 e. The van der Waals surface area contributed by atoms with Crippen LogP contribution < -0.4 is 14.8 Å². The van der Waals surface area contributed by atoms with Crippen LogP contribution >= 0.6 is 11.6 Å². The summed E-state index contributed by atoms with van der Waals surface area (Å²) in [5, 5.41) is 4.20. The number of nitrogens with zero attached hydrogens (tertiary/aromatic N) is 2. The van der Waals surface area contributed by atoms with E-state index in [0.717, 1.165) is 26.2 Å². The lowest BCUT2D eigenvalue weighted by Crippen LogP contribution is -2.63. The Labute approximate surface area is 222 Å². The van der Waals surface area contributed by atoms with Crippen molar-refractivity contribution in [3.05, 3.63) is 58.1 Å². The van der Waals surface area contributed by atoms with Crippen LogP contribution in [0.25, 0.3) is 0 Å². The summed E-state index contributed by atoms with van der Waals surface area (Å²) in [5.41, 5.74) is 4.68. The summed E-state index contributed by atoms with van der Waals surface area (Å²) in [4.78, 5) is 5.50. The average molecular weight is 512 g/mol. The number of halogens is 1. The van der Waals surface area contributed by atoms with Gasteiger partial charge in [0.1, 0.15) is 0 Å². The second-order valence-electron chi connectivity index (χ2n) is 11.3. The topological polar surface area (TPSA) is 37.0 Å². The Morgan fingerprint density at radius 3 is 2.50 bits per heavy atom. The van der Waals surface area contributed by atoms with E-state index >= 15 is 0 Å². The van der Waals surface area contributed by atoms with Crippen molar-refractivity contribution in [3.63, 3.8) is 0 Å². The Kier molecular flexibility index (Phi) is 7.83. The summed E-state index contributed by atoms with van der Waals surface area (Å²) in [6.45, 7) is 11.1. The van der Waals surface area contributed by atoms with Gasteiger partial charge in [0.15, 0.2) is 11.5 Å². The van der Waals surface area contributed by atoms with Crippen molar-refractivity contribution < 1.29 is 9.47 Å². The van der Waals surface area contributed by atoms with Crippen LogP contribution in [0.4, 0.5) is 0 Å². The van der Waals surface area contributed by atoms with Gasteiger partial charge in [-0.1, -0.05) is 49.7 Å². The number of hydrogen-bond donors (Lipinski definition) is 1. The van der Waals surface area contributed by atoms with Crippen molar-refractivity contribution >= 4 is 11.6 Å². The summed E-state index contributed by atoms with van der Waals surface area (Å²) in [6.07, 6.45) is 5.37. The van der Waals surface area contributed by atoms with Crippen LogP contribution in [0.15, 0.2) is 36.4 Å². The summed E-state index contributed by atoms with van der Waals surface area (Å²) < 4.78 is 11.0. The lowest BCUT2D eigenvalue weighted by atomic mass is 9.58. The number of benzene rings is 2. The van der Waals surface area contributed by atoms with Crippen LogP contribution in [0.1, 0.15) is 68.2 Å². The first kappa shape index (κ1) is 25.8. The molecule has 1 saturated carbocycles. The molecule has 36 heavy (non-hydrogen) atoms. The first-order valence-electron chi connectivity index (χ1n) is 13.6. The molecule has 0 aromatic heterocycles. The van der Waals surface area contributed by atoms with Crippen LogP contribution in [-0.4, -0.2) is 62.8 Å². The van der Waals surface area contributed by atoms with Gasteiger partial charge in [-0.2, -0.15) is 0 Å². The highest BCUT2D eigenvalue weighted by molar-refractivity contribution is 6.32. The molecule has 3 aliphatic rings. The van der Waals surface area contributed by atoms with Crippen molar-refractivity contribution in [3.8, 4) is 11.5 Å². The summed E-state index contributed by atoms with van der Waals surface area (Å²) >= 11 is 6.55. The standard InChI is InChI=1S/C30H42ClN3O2/c1-21(2)23-7-5-6-8-24(23)26-20-33(19-22-17-25(31)29(36-4)27(18-22)35-3)15-16-34(26)28-9-10-30(28)11-13-32-14-12-30/h5-8,17-18,21,26,28,32H,9-16,19-20H2,1-4H3. The lowest BCUT2D eigenvalue weighted by Gasteiger charge is -2.60. The third-order valence-corrected chi connectivity index (χ3v) is 9.29. The molecule has 6 heteroatoms. The number of rotatable bonds is 7. The molecular weight excluding hydrogens is 470 g/mol. The van der Waals surface area contributed by atoms with Crippen LogP contribution in [0.2, 0.25) is 5.02 Å². The molecule has 2 aromatic rings. The molecule has 1 N–H and O–H groups in total. The Balaban J connectivity index is 1.43. The second-order valence-corrected chi connectivity index (χ2v) is 11.7. The molecule has 2 unspecified atom stereocenters. The molecule has 3 fully saturated rings. The summed E-state index contributed by atoms with van der Waals surface area (Å²) in [7, 11) is 3.31. The number of methoxy groups -OCH3 is 2. The van der Waals surface area contributed by atoms with Gasteiger partial charge in [-0.05, 0) is 78.9 Å². The molecule has 0 amide bonds. The van der Waals surface area contributed by atoms with Gasteiger partial charge in [0.25, 0.3) is 0 Å². The Morgan fingerprint density at radius 1 is 1.06 bits per heavy atom. The quantitative estimate of drug-likeness (QED) is 0.503. The Morgan fingerprint density at radius 2 is 1.83 bits per heavy atom.